The molecule has 1 unspecified atom stereocenters. The van der Waals surface area contributed by atoms with Crippen LogP contribution in [0.4, 0.5) is 5.69 Å². The number of rotatable bonds is 3. The number of anilines is 1. The summed E-state index contributed by atoms with van der Waals surface area (Å²) in [5, 5.41) is 13.5. The minimum absolute atomic E-state index is 0.330. The quantitative estimate of drug-likeness (QED) is 0.893. The van der Waals surface area contributed by atoms with Crippen LogP contribution in [0.5, 0.6) is 0 Å². The van der Waals surface area contributed by atoms with Gasteiger partial charge < -0.3 is 10.4 Å². The molecule has 1 aliphatic heterocycles. The van der Waals surface area contributed by atoms with E-state index < -0.39 is 11.5 Å². The van der Waals surface area contributed by atoms with E-state index >= 15 is 0 Å². The molecule has 1 aliphatic rings. The summed E-state index contributed by atoms with van der Waals surface area (Å²) < 4.78 is 0. The van der Waals surface area contributed by atoms with Crippen molar-refractivity contribution in [3.63, 3.8) is 0 Å². The van der Waals surface area contributed by atoms with Crippen molar-refractivity contribution in [2.24, 2.45) is 5.41 Å². The lowest BCUT2D eigenvalue weighted by Crippen LogP contribution is -2.61. The first-order valence-corrected chi connectivity index (χ1v) is 7.76. The fraction of sp³-hybridized carbons (Fsp3) is 0.500. The van der Waals surface area contributed by atoms with Crippen molar-refractivity contribution >= 4 is 35.0 Å². The smallest absolute Gasteiger partial charge is 0.330 e. The Bertz CT molecular complexity index is 492. The highest BCUT2D eigenvalue weighted by atomic mass is 35.5. The first-order chi connectivity index (χ1) is 8.89. The van der Waals surface area contributed by atoms with Gasteiger partial charge in [-0.15, -0.1) is 0 Å². The first kappa shape index (κ1) is 14.5. The van der Waals surface area contributed by atoms with E-state index in [0.717, 1.165) is 12.2 Å². The van der Waals surface area contributed by atoms with Crippen molar-refractivity contribution in [3.05, 3.63) is 29.3 Å². The fourth-order valence-electron chi connectivity index (χ4n) is 2.36. The molecule has 5 heteroatoms. The molecular formula is C14H18ClNO2S. The summed E-state index contributed by atoms with van der Waals surface area (Å²) in [4.78, 5) is 11.9. The minimum atomic E-state index is -0.985. The Morgan fingerprint density at radius 3 is 2.68 bits per heavy atom. The largest absolute Gasteiger partial charge is 0.479 e. The molecule has 0 aromatic heterocycles. The molecule has 1 heterocycles. The summed E-state index contributed by atoms with van der Waals surface area (Å²) >= 11 is 7.81. The van der Waals surface area contributed by atoms with Gasteiger partial charge in [0.25, 0.3) is 0 Å². The molecule has 1 aromatic carbocycles. The SMILES string of the molecule is CC1(C)CCSCC1(Nc1ccccc1Cl)C(=O)O. The molecule has 104 valence electrons. The third-order valence-electron chi connectivity index (χ3n) is 3.93. The Morgan fingerprint density at radius 2 is 2.11 bits per heavy atom. The first-order valence-electron chi connectivity index (χ1n) is 6.23. The molecule has 0 saturated carbocycles. The van der Waals surface area contributed by atoms with Crippen LogP contribution in [0.3, 0.4) is 0 Å². The summed E-state index contributed by atoms with van der Waals surface area (Å²) in [7, 11) is 0. The molecule has 2 N–H and O–H groups in total. The number of para-hydroxylation sites is 1. The van der Waals surface area contributed by atoms with Gasteiger partial charge in [0.2, 0.25) is 0 Å². The van der Waals surface area contributed by atoms with Crippen LogP contribution in [0.15, 0.2) is 24.3 Å². The highest BCUT2D eigenvalue weighted by Crippen LogP contribution is 2.45. The average Bonchev–Trinajstić information content (AvgIpc) is 2.34. The van der Waals surface area contributed by atoms with E-state index in [1.165, 1.54) is 0 Å². The molecule has 1 aromatic rings. The zero-order chi connectivity index (χ0) is 14.1. The van der Waals surface area contributed by atoms with E-state index in [1.807, 2.05) is 32.0 Å². The van der Waals surface area contributed by atoms with Gasteiger partial charge in [-0.1, -0.05) is 37.6 Å². The van der Waals surface area contributed by atoms with E-state index in [1.54, 1.807) is 17.8 Å². The Hall–Kier alpha value is -0.870. The maximum Gasteiger partial charge on any atom is 0.330 e. The van der Waals surface area contributed by atoms with E-state index in [2.05, 4.69) is 5.32 Å². The second kappa shape index (κ2) is 5.25. The van der Waals surface area contributed by atoms with Crippen LogP contribution in [-0.2, 0) is 4.79 Å². The normalized spacial score (nSPS) is 25.8. The van der Waals surface area contributed by atoms with Crippen LogP contribution >= 0.6 is 23.4 Å². The number of aliphatic carboxylic acids is 1. The molecule has 1 saturated heterocycles. The average molecular weight is 300 g/mol. The molecule has 0 aliphatic carbocycles. The van der Waals surface area contributed by atoms with Crippen LogP contribution in [0.25, 0.3) is 0 Å². The lowest BCUT2D eigenvalue weighted by atomic mass is 9.70. The van der Waals surface area contributed by atoms with Gasteiger partial charge in [0.1, 0.15) is 5.54 Å². The number of hydrogen-bond donors (Lipinski definition) is 2. The molecule has 0 radical (unpaired) electrons. The fourth-order valence-corrected chi connectivity index (χ4v) is 4.24. The molecule has 3 nitrogen and oxygen atoms in total. The van der Waals surface area contributed by atoms with Gasteiger partial charge in [-0.25, -0.2) is 4.79 Å². The monoisotopic (exact) mass is 299 g/mol. The molecule has 0 amide bonds. The Balaban J connectivity index is 2.41. The molecule has 2 rings (SSSR count). The number of hydrogen-bond acceptors (Lipinski definition) is 3. The summed E-state index contributed by atoms with van der Waals surface area (Å²) in [6.07, 6.45) is 0.863. The molecule has 19 heavy (non-hydrogen) atoms. The van der Waals surface area contributed by atoms with Gasteiger partial charge in [-0.2, -0.15) is 11.8 Å². The van der Waals surface area contributed by atoms with E-state index in [4.69, 9.17) is 11.6 Å². The van der Waals surface area contributed by atoms with Gasteiger partial charge in [0.05, 0.1) is 10.7 Å². The molecular weight excluding hydrogens is 282 g/mol. The molecule has 0 bridgehead atoms. The van der Waals surface area contributed by atoms with Gasteiger partial charge in [0, 0.05) is 11.2 Å². The highest BCUT2D eigenvalue weighted by molar-refractivity contribution is 7.99. The minimum Gasteiger partial charge on any atom is -0.479 e. The van der Waals surface area contributed by atoms with Crippen molar-refractivity contribution in [3.8, 4) is 0 Å². The van der Waals surface area contributed by atoms with E-state index in [-0.39, 0.29) is 5.41 Å². The second-order valence-corrected chi connectivity index (χ2v) is 7.01. The van der Waals surface area contributed by atoms with Crippen molar-refractivity contribution in [1.29, 1.82) is 0 Å². The van der Waals surface area contributed by atoms with Crippen LogP contribution in [0, 0.1) is 5.41 Å². The van der Waals surface area contributed by atoms with Crippen molar-refractivity contribution in [2.75, 3.05) is 16.8 Å². The maximum atomic E-state index is 11.9. The summed E-state index contributed by atoms with van der Waals surface area (Å²) in [5.41, 5.74) is -0.633. The lowest BCUT2D eigenvalue weighted by molar-refractivity contribution is -0.145. The second-order valence-electron chi connectivity index (χ2n) is 5.50. The predicted octanol–water partition coefficient (Wildman–Crippen LogP) is 3.74. The summed E-state index contributed by atoms with van der Waals surface area (Å²) in [6, 6.07) is 7.28. The van der Waals surface area contributed by atoms with Crippen LogP contribution < -0.4 is 5.32 Å². The molecule has 1 atom stereocenters. The van der Waals surface area contributed by atoms with Crippen LogP contribution in [-0.4, -0.2) is 28.1 Å². The number of thioether (sulfide) groups is 1. The maximum absolute atomic E-state index is 11.9. The van der Waals surface area contributed by atoms with Gasteiger partial charge in [0.15, 0.2) is 0 Å². The van der Waals surface area contributed by atoms with Crippen LogP contribution in [0.2, 0.25) is 5.02 Å². The summed E-state index contributed by atoms with van der Waals surface area (Å²) in [6.45, 7) is 4.01. The lowest BCUT2D eigenvalue weighted by Gasteiger charge is -2.47. The van der Waals surface area contributed by atoms with Gasteiger partial charge in [-0.05, 0) is 24.3 Å². The number of nitrogens with one attached hydrogen (secondary N) is 1. The number of benzene rings is 1. The highest BCUT2D eigenvalue weighted by Gasteiger charge is 2.53. The topological polar surface area (TPSA) is 49.3 Å². The zero-order valence-electron chi connectivity index (χ0n) is 11.1. The van der Waals surface area contributed by atoms with Gasteiger partial charge >= 0.3 is 5.97 Å². The number of halogens is 1. The number of carbonyl (C=O) groups is 1. The Labute approximate surface area is 122 Å². The number of carboxylic acid groups (broad SMARTS) is 1. The van der Waals surface area contributed by atoms with Crippen LogP contribution in [0.1, 0.15) is 20.3 Å². The molecule has 1 fully saturated rings. The standard InChI is InChI=1S/C14H18ClNO2S/c1-13(2)7-8-19-9-14(13,12(17)18)16-11-6-4-3-5-10(11)15/h3-6,16H,7-9H2,1-2H3,(H,17,18). The Morgan fingerprint density at radius 1 is 1.42 bits per heavy atom. The third kappa shape index (κ3) is 2.56. The third-order valence-corrected chi connectivity index (χ3v) is 5.39. The van der Waals surface area contributed by atoms with Crippen molar-refractivity contribution in [1.82, 2.24) is 0 Å². The Kier molecular flexibility index (Phi) is 4.02. The predicted molar refractivity (Wildman–Crippen MR) is 81.2 cm³/mol. The summed E-state index contributed by atoms with van der Waals surface area (Å²) in [5.74, 6) is 0.719. The van der Waals surface area contributed by atoms with Gasteiger partial charge in [-0.3, -0.25) is 0 Å². The van der Waals surface area contributed by atoms with Crippen molar-refractivity contribution in [2.45, 2.75) is 25.8 Å². The van der Waals surface area contributed by atoms with Crippen molar-refractivity contribution < 1.29 is 9.90 Å². The zero-order valence-corrected chi connectivity index (χ0v) is 12.6. The van der Waals surface area contributed by atoms with E-state index in [9.17, 15) is 9.90 Å². The number of carboxylic acids is 1. The van der Waals surface area contributed by atoms with E-state index in [0.29, 0.717) is 16.5 Å². The molecule has 0 spiro atoms.